The number of hydrogen-bond acceptors (Lipinski definition) is 3. The molecule has 0 atom stereocenters. The highest BCUT2D eigenvalue weighted by molar-refractivity contribution is 5.79. The number of aryl methyl sites for hydroxylation is 1. The van der Waals surface area contributed by atoms with Gasteiger partial charge >= 0.3 is 0 Å². The molecule has 4 nitrogen and oxygen atoms in total. The summed E-state index contributed by atoms with van der Waals surface area (Å²) in [5.41, 5.74) is 0. The molecule has 3 heterocycles. The Morgan fingerprint density at radius 3 is 2.50 bits per heavy atom. The van der Waals surface area contributed by atoms with Crippen LogP contribution in [0.1, 0.15) is 37.2 Å². The lowest BCUT2D eigenvalue weighted by molar-refractivity contribution is -0.136. The number of carbonyl (C=O) groups is 1. The minimum absolute atomic E-state index is 0.252. The van der Waals surface area contributed by atoms with E-state index in [1.807, 2.05) is 13.0 Å². The topological polar surface area (TPSA) is 36.7 Å². The van der Waals surface area contributed by atoms with Crippen LogP contribution in [0.3, 0.4) is 0 Å². The number of rotatable bonds is 3. The molecule has 1 aromatic heterocycles. The molecular formula is C16H24N2O2. The summed E-state index contributed by atoms with van der Waals surface area (Å²) in [6.07, 6.45) is 4.36. The lowest BCUT2D eigenvalue weighted by Gasteiger charge is -2.32. The summed E-state index contributed by atoms with van der Waals surface area (Å²) < 4.78 is 5.62. The first-order chi connectivity index (χ1) is 9.72. The summed E-state index contributed by atoms with van der Waals surface area (Å²) in [6, 6.07) is 4.07. The molecule has 20 heavy (non-hydrogen) atoms. The summed E-state index contributed by atoms with van der Waals surface area (Å²) in [4.78, 5) is 16.8. The van der Waals surface area contributed by atoms with E-state index in [1.165, 1.54) is 12.8 Å². The minimum atomic E-state index is 0.252. The smallest absolute Gasteiger partial charge is 0.225 e. The zero-order valence-electron chi connectivity index (χ0n) is 12.3. The van der Waals surface area contributed by atoms with Crippen molar-refractivity contribution >= 4 is 5.91 Å². The SMILES string of the molecule is Cc1ccc(CN2CCC(C(=O)N3CCCC3)CC2)o1. The van der Waals surface area contributed by atoms with E-state index < -0.39 is 0 Å². The van der Waals surface area contributed by atoms with E-state index in [4.69, 9.17) is 4.42 Å². The van der Waals surface area contributed by atoms with Gasteiger partial charge in [0.15, 0.2) is 0 Å². The zero-order chi connectivity index (χ0) is 13.9. The van der Waals surface area contributed by atoms with E-state index in [-0.39, 0.29) is 5.92 Å². The molecule has 1 amide bonds. The van der Waals surface area contributed by atoms with Gasteiger partial charge in [-0.2, -0.15) is 0 Å². The molecule has 3 rings (SSSR count). The van der Waals surface area contributed by atoms with Gasteiger partial charge in [0.2, 0.25) is 5.91 Å². The minimum Gasteiger partial charge on any atom is -0.465 e. The summed E-state index contributed by atoms with van der Waals surface area (Å²) >= 11 is 0. The van der Waals surface area contributed by atoms with Gasteiger partial charge in [-0.15, -0.1) is 0 Å². The Bertz CT molecular complexity index is 455. The van der Waals surface area contributed by atoms with Crippen molar-refractivity contribution < 1.29 is 9.21 Å². The highest BCUT2D eigenvalue weighted by Gasteiger charge is 2.29. The zero-order valence-corrected chi connectivity index (χ0v) is 12.3. The second-order valence-electron chi connectivity index (χ2n) is 6.10. The summed E-state index contributed by atoms with van der Waals surface area (Å²) in [5, 5.41) is 0. The van der Waals surface area contributed by atoms with Gasteiger partial charge in [0.05, 0.1) is 6.54 Å². The number of carbonyl (C=O) groups excluding carboxylic acids is 1. The molecule has 0 unspecified atom stereocenters. The van der Waals surface area contributed by atoms with E-state index in [2.05, 4.69) is 15.9 Å². The fraction of sp³-hybridized carbons (Fsp3) is 0.688. The fourth-order valence-electron chi connectivity index (χ4n) is 3.32. The van der Waals surface area contributed by atoms with Crippen LogP contribution >= 0.6 is 0 Å². The molecule has 0 aliphatic carbocycles. The molecule has 0 bridgehead atoms. The molecule has 0 N–H and O–H groups in total. The average Bonchev–Trinajstić information content (AvgIpc) is 3.11. The summed E-state index contributed by atoms with van der Waals surface area (Å²) in [7, 11) is 0. The van der Waals surface area contributed by atoms with Crippen molar-refractivity contribution in [3.8, 4) is 0 Å². The summed E-state index contributed by atoms with van der Waals surface area (Å²) in [5.74, 6) is 2.66. The Morgan fingerprint density at radius 1 is 1.20 bits per heavy atom. The first-order valence-electron chi connectivity index (χ1n) is 7.79. The number of nitrogens with zero attached hydrogens (tertiary/aromatic N) is 2. The van der Waals surface area contributed by atoms with Crippen molar-refractivity contribution in [2.45, 2.75) is 39.2 Å². The van der Waals surface area contributed by atoms with Crippen molar-refractivity contribution in [2.75, 3.05) is 26.2 Å². The molecule has 2 aliphatic heterocycles. The van der Waals surface area contributed by atoms with Gasteiger partial charge < -0.3 is 9.32 Å². The van der Waals surface area contributed by atoms with Crippen LogP contribution in [-0.2, 0) is 11.3 Å². The van der Waals surface area contributed by atoms with Crippen LogP contribution < -0.4 is 0 Å². The molecular weight excluding hydrogens is 252 g/mol. The quantitative estimate of drug-likeness (QED) is 0.850. The van der Waals surface area contributed by atoms with Crippen LogP contribution in [0.25, 0.3) is 0 Å². The van der Waals surface area contributed by atoms with Crippen LogP contribution in [0.5, 0.6) is 0 Å². The van der Waals surface area contributed by atoms with Crippen molar-refractivity contribution in [1.29, 1.82) is 0 Å². The molecule has 0 saturated carbocycles. The Morgan fingerprint density at radius 2 is 1.90 bits per heavy atom. The monoisotopic (exact) mass is 276 g/mol. The van der Waals surface area contributed by atoms with Gasteiger partial charge in [-0.25, -0.2) is 0 Å². The van der Waals surface area contributed by atoms with E-state index in [0.717, 1.165) is 57.1 Å². The number of amides is 1. The number of furan rings is 1. The van der Waals surface area contributed by atoms with Gasteiger partial charge in [0, 0.05) is 19.0 Å². The molecule has 0 aromatic carbocycles. The van der Waals surface area contributed by atoms with Crippen LogP contribution in [0.15, 0.2) is 16.5 Å². The van der Waals surface area contributed by atoms with E-state index >= 15 is 0 Å². The molecule has 0 spiro atoms. The van der Waals surface area contributed by atoms with E-state index in [9.17, 15) is 4.79 Å². The van der Waals surface area contributed by atoms with Crippen molar-refractivity contribution in [3.05, 3.63) is 23.7 Å². The van der Waals surface area contributed by atoms with Gasteiger partial charge in [-0.1, -0.05) is 0 Å². The summed E-state index contributed by atoms with van der Waals surface area (Å²) in [6.45, 7) is 6.81. The first-order valence-corrected chi connectivity index (χ1v) is 7.79. The third-order valence-corrected chi connectivity index (χ3v) is 4.53. The van der Waals surface area contributed by atoms with Crippen LogP contribution in [-0.4, -0.2) is 41.9 Å². The second kappa shape index (κ2) is 6.00. The van der Waals surface area contributed by atoms with Gasteiger partial charge in [-0.05, 0) is 57.8 Å². The third-order valence-electron chi connectivity index (χ3n) is 4.53. The maximum Gasteiger partial charge on any atom is 0.225 e. The molecule has 4 heteroatoms. The number of piperidine rings is 1. The lowest BCUT2D eigenvalue weighted by atomic mass is 9.95. The number of hydrogen-bond donors (Lipinski definition) is 0. The lowest BCUT2D eigenvalue weighted by Crippen LogP contribution is -2.41. The molecule has 2 aliphatic rings. The molecule has 110 valence electrons. The third kappa shape index (κ3) is 3.06. The molecule has 2 fully saturated rings. The molecule has 0 radical (unpaired) electrons. The van der Waals surface area contributed by atoms with Crippen LogP contribution in [0.2, 0.25) is 0 Å². The van der Waals surface area contributed by atoms with Gasteiger partial charge in [-0.3, -0.25) is 9.69 Å². The van der Waals surface area contributed by atoms with Crippen molar-refractivity contribution in [3.63, 3.8) is 0 Å². The van der Waals surface area contributed by atoms with E-state index in [1.54, 1.807) is 0 Å². The molecule has 1 aromatic rings. The van der Waals surface area contributed by atoms with Gasteiger partial charge in [0.25, 0.3) is 0 Å². The predicted molar refractivity (Wildman–Crippen MR) is 77.3 cm³/mol. The largest absolute Gasteiger partial charge is 0.465 e. The fourth-order valence-corrected chi connectivity index (χ4v) is 3.32. The second-order valence-corrected chi connectivity index (χ2v) is 6.10. The standard InChI is InChI=1S/C16H24N2O2/c1-13-4-5-15(20-13)12-17-10-6-14(7-11-17)16(19)18-8-2-3-9-18/h4-5,14H,2-3,6-12H2,1H3. The van der Waals surface area contributed by atoms with Crippen molar-refractivity contribution in [2.24, 2.45) is 5.92 Å². The molecule has 2 saturated heterocycles. The van der Waals surface area contributed by atoms with Crippen molar-refractivity contribution in [1.82, 2.24) is 9.80 Å². The predicted octanol–water partition coefficient (Wildman–Crippen LogP) is 2.42. The highest BCUT2D eigenvalue weighted by Crippen LogP contribution is 2.23. The Hall–Kier alpha value is -1.29. The maximum atomic E-state index is 12.4. The normalized spacial score (nSPS) is 21.6. The van der Waals surface area contributed by atoms with E-state index in [0.29, 0.717) is 5.91 Å². The average molecular weight is 276 g/mol. The maximum absolute atomic E-state index is 12.4. The highest BCUT2D eigenvalue weighted by atomic mass is 16.3. The first kappa shape index (κ1) is 13.7. The van der Waals surface area contributed by atoms with Gasteiger partial charge in [0.1, 0.15) is 11.5 Å². The van der Waals surface area contributed by atoms with Crippen LogP contribution in [0.4, 0.5) is 0 Å². The number of likely N-dealkylation sites (tertiary alicyclic amines) is 2. The van der Waals surface area contributed by atoms with Crippen LogP contribution in [0, 0.1) is 12.8 Å². The Balaban J connectivity index is 1.48. The Labute approximate surface area is 120 Å². The Kier molecular flexibility index (Phi) is 4.10.